The van der Waals surface area contributed by atoms with E-state index in [-0.39, 0.29) is 12.0 Å². The molecule has 6 nitrogen and oxygen atoms in total. The van der Waals surface area contributed by atoms with Crippen LogP contribution in [0.15, 0.2) is 55.1 Å². The van der Waals surface area contributed by atoms with E-state index < -0.39 is 0 Å². The number of carbonyl (C=O) groups excluding carboxylic acids is 1. The number of hydrogen-bond donors (Lipinski definition) is 0. The lowest BCUT2D eigenvalue weighted by atomic mass is 10.1. The summed E-state index contributed by atoms with van der Waals surface area (Å²) in [7, 11) is 0. The van der Waals surface area contributed by atoms with Crippen LogP contribution in [-0.2, 0) is 0 Å². The van der Waals surface area contributed by atoms with Crippen molar-refractivity contribution in [3.05, 3.63) is 60.8 Å². The number of amides is 1. The summed E-state index contributed by atoms with van der Waals surface area (Å²) in [6, 6.07) is 11.5. The first-order chi connectivity index (χ1) is 12.3. The number of likely N-dealkylation sites (tertiary alicyclic amines) is 1. The number of rotatable bonds is 3. The van der Waals surface area contributed by atoms with Gasteiger partial charge < -0.3 is 9.64 Å². The van der Waals surface area contributed by atoms with Crippen LogP contribution in [0.25, 0.3) is 10.8 Å². The number of benzene rings is 1. The van der Waals surface area contributed by atoms with Crippen LogP contribution in [0, 0.1) is 0 Å². The molecule has 1 aromatic carbocycles. The Morgan fingerprint density at radius 2 is 1.88 bits per heavy atom. The number of ether oxygens (including phenoxy) is 1. The minimum Gasteiger partial charge on any atom is -0.474 e. The second-order valence-electron chi connectivity index (χ2n) is 6.04. The highest BCUT2D eigenvalue weighted by molar-refractivity contribution is 6.05. The van der Waals surface area contributed by atoms with Crippen molar-refractivity contribution in [2.24, 2.45) is 0 Å². The highest BCUT2D eigenvalue weighted by atomic mass is 16.5. The van der Waals surface area contributed by atoms with Gasteiger partial charge in [-0.1, -0.05) is 24.3 Å². The molecule has 1 aliphatic heterocycles. The second-order valence-corrected chi connectivity index (χ2v) is 6.04. The van der Waals surface area contributed by atoms with Gasteiger partial charge in [-0.05, 0) is 11.5 Å². The minimum absolute atomic E-state index is 0.0164. The van der Waals surface area contributed by atoms with Crippen LogP contribution in [0.2, 0.25) is 0 Å². The van der Waals surface area contributed by atoms with Gasteiger partial charge in [-0.2, -0.15) is 0 Å². The molecule has 1 fully saturated rings. The van der Waals surface area contributed by atoms with Crippen LogP contribution < -0.4 is 4.74 Å². The molecule has 0 saturated carbocycles. The van der Waals surface area contributed by atoms with Crippen molar-refractivity contribution in [1.82, 2.24) is 19.9 Å². The fourth-order valence-corrected chi connectivity index (χ4v) is 3.14. The van der Waals surface area contributed by atoms with Gasteiger partial charge in [0.05, 0.1) is 0 Å². The van der Waals surface area contributed by atoms with Crippen molar-refractivity contribution in [3.63, 3.8) is 0 Å². The molecule has 0 bridgehead atoms. The number of carbonyl (C=O) groups is 1. The SMILES string of the molecule is O=C(c1nccc2ccccc12)N1CCC(Oc2ccncn2)CC1. The van der Waals surface area contributed by atoms with Crippen LogP contribution in [0.1, 0.15) is 23.3 Å². The molecule has 6 heteroatoms. The summed E-state index contributed by atoms with van der Waals surface area (Å²) >= 11 is 0. The molecular weight excluding hydrogens is 316 g/mol. The highest BCUT2D eigenvalue weighted by Crippen LogP contribution is 2.21. The first kappa shape index (κ1) is 15.5. The molecule has 2 aromatic heterocycles. The first-order valence-corrected chi connectivity index (χ1v) is 8.37. The third-order valence-corrected chi connectivity index (χ3v) is 4.45. The Kier molecular flexibility index (Phi) is 4.24. The van der Waals surface area contributed by atoms with Gasteiger partial charge in [0.15, 0.2) is 0 Å². The van der Waals surface area contributed by atoms with Crippen LogP contribution in [0.4, 0.5) is 0 Å². The Hall–Kier alpha value is -3.02. The molecule has 0 atom stereocenters. The van der Waals surface area contributed by atoms with Crippen molar-refractivity contribution in [3.8, 4) is 5.88 Å². The fraction of sp³-hybridized carbons (Fsp3) is 0.263. The lowest BCUT2D eigenvalue weighted by Crippen LogP contribution is -2.42. The summed E-state index contributed by atoms with van der Waals surface area (Å²) in [5.74, 6) is 0.563. The van der Waals surface area contributed by atoms with Crippen LogP contribution in [0.5, 0.6) is 5.88 Å². The van der Waals surface area contributed by atoms with Crippen molar-refractivity contribution >= 4 is 16.7 Å². The normalized spacial score (nSPS) is 15.3. The Bertz CT molecular complexity index is 871. The maximum absolute atomic E-state index is 12.9. The quantitative estimate of drug-likeness (QED) is 0.737. The van der Waals surface area contributed by atoms with E-state index in [2.05, 4.69) is 15.0 Å². The number of piperidine rings is 1. The number of hydrogen-bond acceptors (Lipinski definition) is 5. The zero-order valence-corrected chi connectivity index (χ0v) is 13.7. The molecule has 0 N–H and O–H groups in total. The highest BCUT2D eigenvalue weighted by Gasteiger charge is 2.26. The Labute approximate surface area is 145 Å². The third kappa shape index (κ3) is 3.28. The zero-order chi connectivity index (χ0) is 17.1. The molecule has 3 heterocycles. The van der Waals surface area contributed by atoms with E-state index in [1.54, 1.807) is 18.5 Å². The number of nitrogens with zero attached hydrogens (tertiary/aromatic N) is 4. The van der Waals surface area contributed by atoms with E-state index in [9.17, 15) is 4.79 Å². The van der Waals surface area contributed by atoms with Gasteiger partial charge in [0, 0.05) is 49.8 Å². The molecule has 126 valence electrons. The monoisotopic (exact) mass is 334 g/mol. The smallest absolute Gasteiger partial charge is 0.273 e. The summed E-state index contributed by atoms with van der Waals surface area (Å²) in [5.41, 5.74) is 0.522. The van der Waals surface area contributed by atoms with E-state index in [4.69, 9.17) is 4.74 Å². The fourth-order valence-electron chi connectivity index (χ4n) is 3.14. The average Bonchev–Trinajstić information content (AvgIpc) is 2.68. The largest absolute Gasteiger partial charge is 0.474 e. The van der Waals surface area contributed by atoms with Crippen molar-refractivity contribution < 1.29 is 9.53 Å². The molecule has 0 radical (unpaired) electrons. The van der Waals surface area contributed by atoms with E-state index in [0.717, 1.165) is 23.6 Å². The van der Waals surface area contributed by atoms with E-state index in [0.29, 0.717) is 24.7 Å². The molecule has 0 unspecified atom stereocenters. The maximum Gasteiger partial charge on any atom is 0.273 e. The summed E-state index contributed by atoms with van der Waals surface area (Å²) < 4.78 is 5.85. The first-order valence-electron chi connectivity index (χ1n) is 8.37. The topological polar surface area (TPSA) is 68.2 Å². The maximum atomic E-state index is 12.9. The number of fused-ring (bicyclic) bond motifs is 1. The summed E-state index contributed by atoms with van der Waals surface area (Å²) in [4.78, 5) is 27.0. The lowest BCUT2D eigenvalue weighted by molar-refractivity contribution is 0.0584. The number of aromatic nitrogens is 3. The molecule has 1 saturated heterocycles. The van der Waals surface area contributed by atoms with Gasteiger partial charge in [-0.3, -0.25) is 9.78 Å². The van der Waals surface area contributed by atoms with Gasteiger partial charge in [-0.25, -0.2) is 9.97 Å². The van der Waals surface area contributed by atoms with Gasteiger partial charge in [-0.15, -0.1) is 0 Å². The molecule has 4 rings (SSSR count). The average molecular weight is 334 g/mol. The van der Waals surface area contributed by atoms with E-state index in [1.165, 1.54) is 6.33 Å². The van der Waals surface area contributed by atoms with Crippen LogP contribution in [0.3, 0.4) is 0 Å². The predicted molar refractivity (Wildman–Crippen MR) is 93.3 cm³/mol. The van der Waals surface area contributed by atoms with E-state index in [1.807, 2.05) is 35.2 Å². The molecular formula is C19H18N4O2. The van der Waals surface area contributed by atoms with Gasteiger partial charge in [0.2, 0.25) is 5.88 Å². The van der Waals surface area contributed by atoms with Crippen LogP contribution in [-0.4, -0.2) is 45.0 Å². The standard InChI is InChI=1S/C19H18N4O2/c24-19(18-16-4-2-1-3-14(16)5-10-21-18)23-11-7-15(8-12-23)25-17-6-9-20-13-22-17/h1-6,9-10,13,15H,7-8,11-12H2. The molecule has 1 aliphatic rings. The molecule has 1 amide bonds. The lowest BCUT2D eigenvalue weighted by Gasteiger charge is -2.31. The predicted octanol–water partition coefficient (Wildman–Crippen LogP) is 2.71. The van der Waals surface area contributed by atoms with Gasteiger partial charge in [0.25, 0.3) is 5.91 Å². The molecule has 0 aliphatic carbocycles. The van der Waals surface area contributed by atoms with Crippen molar-refractivity contribution in [2.75, 3.05) is 13.1 Å². The zero-order valence-electron chi connectivity index (χ0n) is 13.7. The minimum atomic E-state index is -0.0164. The van der Waals surface area contributed by atoms with Gasteiger partial charge >= 0.3 is 0 Å². The molecule has 3 aromatic rings. The summed E-state index contributed by atoms with van der Waals surface area (Å²) in [6.07, 6.45) is 6.45. The number of pyridine rings is 1. The molecule has 0 spiro atoms. The van der Waals surface area contributed by atoms with Gasteiger partial charge in [0.1, 0.15) is 18.1 Å². The van der Waals surface area contributed by atoms with Crippen LogP contribution >= 0.6 is 0 Å². The summed E-state index contributed by atoms with van der Waals surface area (Å²) in [6.45, 7) is 1.30. The van der Waals surface area contributed by atoms with E-state index >= 15 is 0 Å². The summed E-state index contributed by atoms with van der Waals surface area (Å²) in [5, 5.41) is 1.93. The molecule has 25 heavy (non-hydrogen) atoms. The Morgan fingerprint density at radius 3 is 2.68 bits per heavy atom. The Morgan fingerprint density at radius 1 is 1.04 bits per heavy atom. The third-order valence-electron chi connectivity index (χ3n) is 4.45. The Balaban J connectivity index is 1.44. The van der Waals surface area contributed by atoms with Crippen molar-refractivity contribution in [2.45, 2.75) is 18.9 Å². The second kappa shape index (κ2) is 6.84. The van der Waals surface area contributed by atoms with Crippen molar-refractivity contribution in [1.29, 1.82) is 0 Å².